The SMILES string of the molecule is C[C@@H]1S[C@@H](C)C(c2ccccc2)=NN=C1c1ccccc1. The third-order valence-corrected chi connectivity index (χ3v) is 4.85. The lowest BCUT2D eigenvalue weighted by Crippen LogP contribution is -2.19. The molecule has 21 heavy (non-hydrogen) atoms. The van der Waals surface area contributed by atoms with Gasteiger partial charge in [-0.2, -0.15) is 10.2 Å². The van der Waals surface area contributed by atoms with Crippen LogP contribution in [0.1, 0.15) is 25.0 Å². The molecule has 2 nitrogen and oxygen atoms in total. The van der Waals surface area contributed by atoms with Crippen molar-refractivity contribution in [3.8, 4) is 0 Å². The summed E-state index contributed by atoms with van der Waals surface area (Å²) >= 11 is 1.91. The number of hydrogen-bond acceptors (Lipinski definition) is 3. The molecule has 0 saturated heterocycles. The second kappa shape index (κ2) is 6.27. The first-order valence-corrected chi connectivity index (χ1v) is 8.11. The number of rotatable bonds is 2. The van der Waals surface area contributed by atoms with E-state index >= 15 is 0 Å². The Hall–Kier alpha value is -1.87. The zero-order valence-electron chi connectivity index (χ0n) is 12.2. The summed E-state index contributed by atoms with van der Waals surface area (Å²) in [4.78, 5) is 0. The fraction of sp³-hybridized carbons (Fsp3) is 0.222. The fourth-order valence-corrected chi connectivity index (χ4v) is 3.74. The van der Waals surface area contributed by atoms with E-state index in [2.05, 4.69) is 48.3 Å². The van der Waals surface area contributed by atoms with Gasteiger partial charge in [0.15, 0.2) is 0 Å². The van der Waals surface area contributed by atoms with Crippen LogP contribution >= 0.6 is 11.8 Å². The van der Waals surface area contributed by atoms with Gasteiger partial charge in [0.05, 0.1) is 11.4 Å². The fourth-order valence-electron chi connectivity index (χ4n) is 2.51. The van der Waals surface area contributed by atoms with Crippen LogP contribution in [0, 0.1) is 0 Å². The highest BCUT2D eigenvalue weighted by Gasteiger charge is 2.24. The Morgan fingerprint density at radius 2 is 1.05 bits per heavy atom. The predicted octanol–water partition coefficient (Wildman–Crippen LogP) is 4.40. The van der Waals surface area contributed by atoms with E-state index in [1.165, 1.54) is 0 Å². The minimum Gasteiger partial charge on any atom is -0.154 e. The van der Waals surface area contributed by atoms with Crippen molar-refractivity contribution in [3.05, 3.63) is 71.8 Å². The molecule has 0 radical (unpaired) electrons. The maximum Gasteiger partial charge on any atom is 0.0830 e. The summed E-state index contributed by atoms with van der Waals surface area (Å²) < 4.78 is 0. The molecule has 2 aromatic carbocycles. The molecule has 3 heteroatoms. The minimum atomic E-state index is 0.326. The molecule has 1 aliphatic heterocycles. The van der Waals surface area contributed by atoms with Crippen LogP contribution in [0.4, 0.5) is 0 Å². The van der Waals surface area contributed by atoms with Gasteiger partial charge in [-0.15, -0.1) is 11.8 Å². The zero-order chi connectivity index (χ0) is 14.7. The third kappa shape index (κ3) is 3.08. The molecular formula is C18H18N2S. The van der Waals surface area contributed by atoms with Crippen LogP contribution in [0.25, 0.3) is 0 Å². The van der Waals surface area contributed by atoms with E-state index in [1.54, 1.807) is 0 Å². The highest BCUT2D eigenvalue weighted by atomic mass is 32.2. The van der Waals surface area contributed by atoms with E-state index < -0.39 is 0 Å². The molecule has 0 spiro atoms. The molecule has 0 saturated carbocycles. The first-order chi connectivity index (χ1) is 10.3. The van der Waals surface area contributed by atoms with Crippen LogP contribution in [0.3, 0.4) is 0 Å². The van der Waals surface area contributed by atoms with Crippen LogP contribution in [-0.4, -0.2) is 21.9 Å². The van der Waals surface area contributed by atoms with Crippen molar-refractivity contribution in [2.24, 2.45) is 10.2 Å². The number of benzene rings is 2. The van der Waals surface area contributed by atoms with Crippen molar-refractivity contribution >= 4 is 23.2 Å². The molecule has 0 amide bonds. The Labute approximate surface area is 130 Å². The highest BCUT2D eigenvalue weighted by molar-refractivity contribution is 8.02. The van der Waals surface area contributed by atoms with Crippen LogP contribution in [0.5, 0.6) is 0 Å². The Morgan fingerprint density at radius 3 is 1.43 bits per heavy atom. The Kier molecular flexibility index (Phi) is 4.20. The number of nitrogens with zero attached hydrogens (tertiary/aromatic N) is 2. The summed E-state index contributed by atoms with van der Waals surface area (Å²) in [6.07, 6.45) is 0. The van der Waals surface area contributed by atoms with Crippen molar-refractivity contribution in [2.45, 2.75) is 24.3 Å². The molecule has 3 rings (SSSR count). The average molecular weight is 294 g/mol. The van der Waals surface area contributed by atoms with Crippen molar-refractivity contribution in [2.75, 3.05) is 0 Å². The molecular weight excluding hydrogens is 276 g/mol. The summed E-state index contributed by atoms with van der Waals surface area (Å²) in [6, 6.07) is 20.6. The zero-order valence-corrected chi connectivity index (χ0v) is 13.0. The highest BCUT2D eigenvalue weighted by Crippen LogP contribution is 2.27. The molecule has 0 unspecified atom stereocenters. The third-order valence-electron chi connectivity index (χ3n) is 3.58. The van der Waals surface area contributed by atoms with Gasteiger partial charge in [0.25, 0.3) is 0 Å². The lowest BCUT2D eigenvalue weighted by Gasteiger charge is -2.16. The number of thioether (sulfide) groups is 1. The van der Waals surface area contributed by atoms with E-state index in [9.17, 15) is 0 Å². The summed E-state index contributed by atoms with van der Waals surface area (Å²) in [6.45, 7) is 4.41. The average Bonchev–Trinajstić information content (AvgIpc) is 2.67. The van der Waals surface area contributed by atoms with Crippen molar-refractivity contribution in [1.82, 2.24) is 0 Å². The Morgan fingerprint density at radius 1 is 0.667 bits per heavy atom. The van der Waals surface area contributed by atoms with E-state index in [0.717, 1.165) is 22.6 Å². The van der Waals surface area contributed by atoms with Crippen molar-refractivity contribution < 1.29 is 0 Å². The monoisotopic (exact) mass is 294 g/mol. The van der Waals surface area contributed by atoms with Gasteiger partial charge in [-0.1, -0.05) is 60.7 Å². The quantitative estimate of drug-likeness (QED) is 0.805. The maximum absolute atomic E-state index is 4.57. The summed E-state index contributed by atoms with van der Waals surface area (Å²) in [5, 5.41) is 9.79. The molecule has 1 aliphatic rings. The van der Waals surface area contributed by atoms with Crippen LogP contribution in [0.2, 0.25) is 0 Å². The summed E-state index contributed by atoms with van der Waals surface area (Å²) in [5.74, 6) is 0. The van der Waals surface area contributed by atoms with Gasteiger partial charge in [0, 0.05) is 10.5 Å². The van der Waals surface area contributed by atoms with Gasteiger partial charge in [0.1, 0.15) is 0 Å². The van der Waals surface area contributed by atoms with E-state index in [0.29, 0.717) is 10.5 Å². The van der Waals surface area contributed by atoms with E-state index in [1.807, 2.05) is 48.2 Å². The van der Waals surface area contributed by atoms with Gasteiger partial charge in [0.2, 0.25) is 0 Å². The van der Waals surface area contributed by atoms with Crippen LogP contribution in [0.15, 0.2) is 70.9 Å². The first-order valence-electron chi connectivity index (χ1n) is 7.17. The topological polar surface area (TPSA) is 24.7 Å². The van der Waals surface area contributed by atoms with Gasteiger partial charge < -0.3 is 0 Å². The molecule has 0 aromatic heterocycles. The van der Waals surface area contributed by atoms with Gasteiger partial charge in [-0.3, -0.25) is 0 Å². The molecule has 0 N–H and O–H groups in total. The predicted molar refractivity (Wildman–Crippen MR) is 92.5 cm³/mol. The van der Waals surface area contributed by atoms with Crippen molar-refractivity contribution in [1.29, 1.82) is 0 Å². The Bertz CT molecular complexity index is 603. The molecule has 0 bridgehead atoms. The van der Waals surface area contributed by atoms with E-state index in [4.69, 9.17) is 0 Å². The summed E-state index contributed by atoms with van der Waals surface area (Å²) in [7, 11) is 0. The summed E-state index contributed by atoms with van der Waals surface area (Å²) in [5.41, 5.74) is 4.42. The van der Waals surface area contributed by atoms with Gasteiger partial charge in [-0.25, -0.2) is 0 Å². The van der Waals surface area contributed by atoms with Crippen LogP contribution in [-0.2, 0) is 0 Å². The second-order valence-corrected chi connectivity index (χ2v) is 6.81. The number of hydrogen-bond donors (Lipinski definition) is 0. The van der Waals surface area contributed by atoms with Gasteiger partial charge in [-0.05, 0) is 25.0 Å². The van der Waals surface area contributed by atoms with Gasteiger partial charge >= 0.3 is 0 Å². The molecule has 1 heterocycles. The lowest BCUT2D eigenvalue weighted by molar-refractivity contribution is 1.17. The molecule has 2 aromatic rings. The standard InChI is InChI=1S/C18H18N2S/c1-13-17(15-9-5-3-6-10-15)19-20-18(14(2)21-13)16-11-7-4-8-12-16/h3-14H,1-2H3/t13-,14-/m0/s1. The lowest BCUT2D eigenvalue weighted by atomic mass is 10.1. The smallest absolute Gasteiger partial charge is 0.0830 e. The second-order valence-electron chi connectivity index (χ2n) is 5.12. The van der Waals surface area contributed by atoms with Crippen LogP contribution < -0.4 is 0 Å². The largest absolute Gasteiger partial charge is 0.154 e. The first kappa shape index (κ1) is 14.1. The molecule has 0 fully saturated rings. The Balaban J connectivity index is 2.00. The molecule has 2 atom stereocenters. The molecule has 0 aliphatic carbocycles. The van der Waals surface area contributed by atoms with Crippen molar-refractivity contribution in [3.63, 3.8) is 0 Å². The molecule has 106 valence electrons. The maximum atomic E-state index is 4.57. The van der Waals surface area contributed by atoms with E-state index in [-0.39, 0.29) is 0 Å². The minimum absolute atomic E-state index is 0.326. The normalized spacial score (nSPS) is 22.2.